The minimum atomic E-state index is -4.13. The van der Waals surface area contributed by atoms with Crippen molar-refractivity contribution in [1.29, 1.82) is 0 Å². The van der Waals surface area contributed by atoms with Gasteiger partial charge in [0.2, 0.25) is 11.8 Å². The number of nitrogens with zero attached hydrogens (tertiary/aromatic N) is 2. The number of sulfonamides is 1. The highest BCUT2D eigenvalue weighted by Gasteiger charge is 2.32. The lowest BCUT2D eigenvalue weighted by Gasteiger charge is -2.32. The summed E-state index contributed by atoms with van der Waals surface area (Å²) >= 11 is 6.02. The van der Waals surface area contributed by atoms with E-state index in [1.54, 1.807) is 73.7 Å². The minimum Gasteiger partial charge on any atom is -0.497 e. The zero-order valence-corrected chi connectivity index (χ0v) is 23.2. The number of nitrogens with one attached hydrogen (secondary N) is 1. The number of methoxy groups -OCH3 is 1. The van der Waals surface area contributed by atoms with Crippen LogP contribution in [0.5, 0.6) is 5.75 Å². The van der Waals surface area contributed by atoms with Crippen LogP contribution < -0.4 is 14.4 Å². The van der Waals surface area contributed by atoms with Gasteiger partial charge in [-0.1, -0.05) is 54.9 Å². The van der Waals surface area contributed by atoms with Crippen LogP contribution in [0, 0.1) is 0 Å². The molecule has 0 spiro atoms. The molecule has 0 aliphatic carbocycles. The fourth-order valence-electron chi connectivity index (χ4n) is 3.78. The zero-order valence-electron chi connectivity index (χ0n) is 21.6. The standard InChI is InChI=1S/C28H32ClN3O5S/c1-4-17-30-28(34)21(2)31(19-22-13-15-23(29)16-14-22)27(33)20-32(24-9-8-10-25(18-24)37-3)38(35,36)26-11-6-5-7-12-26/h5-16,18,21H,4,17,19-20H2,1-3H3,(H,30,34)/t21-/m0/s1. The first-order valence-electron chi connectivity index (χ1n) is 12.2. The van der Waals surface area contributed by atoms with Crippen molar-refractivity contribution in [3.63, 3.8) is 0 Å². The van der Waals surface area contributed by atoms with Gasteiger partial charge in [0.15, 0.2) is 0 Å². The summed E-state index contributed by atoms with van der Waals surface area (Å²) in [6, 6.07) is 20.4. The first kappa shape index (κ1) is 29.0. The first-order valence-corrected chi connectivity index (χ1v) is 14.0. The van der Waals surface area contributed by atoms with Gasteiger partial charge in [-0.3, -0.25) is 13.9 Å². The summed E-state index contributed by atoms with van der Waals surface area (Å²) in [6.45, 7) is 3.59. The van der Waals surface area contributed by atoms with Gasteiger partial charge >= 0.3 is 0 Å². The van der Waals surface area contributed by atoms with Crippen LogP contribution in [0.4, 0.5) is 5.69 Å². The highest BCUT2D eigenvalue weighted by Crippen LogP contribution is 2.27. The maximum Gasteiger partial charge on any atom is 0.264 e. The summed E-state index contributed by atoms with van der Waals surface area (Å²) in [4.78, 5) is 28.1. The van der Waals surface area contributed by atoms with Gasteiger partial charge in [-0.15, -0.1) is 0 Å². The van der Waals surface area contributed by atoms with Crippen LogP contribution >= 0.6 is 11.6 Å². The summed E-state index contributed by atoms with van der Waals surface area (Å²) in [7, 11) is -2.66. The zero-order chi connectivity index (χ0) is 27.7. The van der Waals surface area contributed by atoms with Crippen LogP contribution in [0.2, 0.25) is 5.02 Å². The van der Waals surface area contributed by atoms with Crippen molar-refractivity contribution in [2.45, 2.75) is 37.8 Å². The molecule has 0 aliphatic rings. The first-order chi connectivity index (χ1) is 18.2. The molecule has 1 N–H and O–H groups in total. The third-order valence-corrected chi connectivity index (χ3v) is 7.97. The van der Waals surface area contributed by atoms with E-state index in [-0.39, 0.29) is 23.0 Å². The highest BCUT2D eigenvalue weighted by molar-refractivity contribution is 7.92. The van der Waals surface area contributed by atoms with Crippen LogP contribution in [0.1, 0.15) is 25.8 Å². The molecule has 0 aliphatic heterocycles. The fourth-order valence-corrected chi connectivity index (χ4v) is 5.33. The van der Waals surface area contributed by atoms with Crippen molar-refractivity contribution in [2.75, 3.05) is 24.5 Å². The molecule has 38 heavy (non-hydrogen) atoms. The Morgan fingerprint density at radius 3 is 2.32 bits per heavy atom. The Morgan fingerprint density at radius 1 is 1.00 bits per heavy atom. The molecule has 3 aromatic rings. The normalized spacial score (nSPS) is 11.9. The van der Waals surface area contributed by atoms with E-state index in [0.717, 1.165) is 16.3 Å². The SMILES string of the molecule is CCCNC(=O)[C@H](C)N(Cc1ccc(Cl)cc1)C(=O)CN(c1cccc(OC)c1)S(=O)(=O)c1ccccc1. The number of amides is 2. The van der Waals surface area contributed by atoms with Crippen LogP contribution in [-0.2, 0) is 26.2 Å². The predicted molar refractivity (Wildman–Crippen MR) is 149 cm³/mol. The lowest BCUT2D eigenvalue weighted by molar-refractivity contribution is -0.139. The van der Waals surface area contributed by atoms with E-state index < -0.39 is 28.5 Å². The molecule has 1 atom stereocenters. The van der Waals surface area contributed by atoms with E-state index in [9.17, 15) is 18.0 Å². The lowest BCUT2D eigenvalue weighted by Crippen LogP contribution is -2.51. The molecule has 0 bridgehead atoms. The Bertz CT molecular complexity index is 1330. The molecule has 2 amide bonds. The van der Waals surface area contributed by atoms with Gasteiger partial charge in [0, 0.05) is 24.2 Å². The molecule has 0 heterocycles. The van der Waals surface area contributed by atoms with E-state index in [2.05, 4.69) is 5.32 Å². The van der Waals surface area contributed by atoms with E-state index >= 15 is 0 Å². The number of anilines is 1. The second-order valence-electron chi connectivity index (χ2n) is 8.64. The fraction of sp³-hybridized carbons (Fsp3) is 0.286. The Balaban J connectivity index is 2.02. The Hall–Kier alpha value is -3.56. The van der Waals surface area contributed by atoms with E-state index in [1.807, 2.05) is 6.92 Å². The Labute approximate surface area is 229 Å². The second-order valence-corrected chi connectivity index (χ2v) is 10.9. The number of halogens is 1. The number of carbonyl (C=O) groups excluding carboxylic acids is 2. The average Bonchev–Trinajstić information content (AvgIpc) is 2.94. The molecule has 0 saturated heterocycles. The van der Waals surface area contributed by atoms with E-state index in [0.29, 0.717) is 17.3 Å². The predicted octanol–water partition coefficient (Wildman–Crippen LogP) is 4.49. The smallest absolute Gasteiger partial charge is 0.264 e. The molecule has 10 heteroatoms. The maximum atomic E-state index is 13.8. The van der Waals surface area contributed by atoms with Crippen LogP contribution in [0.25, 0.3) is 0 Å². The molecule has 0 saturated carbocycles. The number of benzene rings is 3. The molecule has 0 radical (unpaired) electrons. The monoisotopic (exact) mass is 557 g/mol. The van der Waals surface area contributed by atoms with Crippen molar-refractivity contribution in [2.24, 2.45) is 0 Å². The van der Waals surface area contributed by atoms with Crippen molar-refractivity contribution < 1.29 is 22.7 Å². The van der Waals surface area contributed by atoms with Crippen molar-refractivity contribution >= 4 is 39.1 Å². The van der Waals surface area contributed by atoms with Crippen molar-refractivity contribution in [1.82, 2.24) is 10.2 Å². The maximum absolute atomic E-state index is 13.8. The van der Waals surface area contributed by atoms with Gasteiger partial charge in [-0.25, -0.2) is 8.42 Å². The highest BCUT2D eigenvalue weighted by atomic mass is 35.5. The molecular formula is C28H32ClN3O5S. The number of carbonyl (C=O) groups is 2. The van der Waals surface area contributed by atoms with Gasteiger partial charge in [0.25, 0.3) is 10.0 Å². The molecule has 0 unspecified atom stereocenters. The molecule has 0 fully saturated rings. The number of hydrogen-bond acceptors (Lipinski definition) is 5. The third-order valence-electron chi connectivity index (χ3n) is 5.93. The largest absolute Gasteiger partial charge is 0.497 e. The van der Waals surface area contributed by atoms with Crippen LogP contribution in [0.15, 0.2) is 83.8 Å². The minimum absolute atomic E-state index is 0.0357. The van der Waals surface area contributed by atoms with Gasteiger partial charge in [-0.2, -0.15) is 0 Å². The molecular weight excluding hydrogens is 526 g/mol. The molecule has 8 nitrogen and oxygen atoms in total. The molecule has 3 rings (SSSR count). The Kier molecular flexibility index (Phi) is 10.2. The van der Waals surface area contributed by atoms with Crippen LogP contribution in [-0.4, -0.2) is 51.4 Å². The van der Waals surface area contributed by atoms with Crippen molar-refractivity contribution in [3.05, 3.63) is 89.4 Å². The van der Waals surface area contributed by atoms with Gasteiger partial charge in [0.05, 0.1) is 17.7 Å². The number of hydrogen-bond donors (Lipinski definition) is 1. The average molecular weight is 558 g/mol. The van der Waals surface area contributed by atoms with Gasteiger partial charge in [0.1, 0.15) is 18.3 Å². The third kappa shape index (κ3) is 7.26. The molecule has 0 aromatic heterocycles. The molecule has 202 valence electrons. The van der Waals surface area contributed by atoms with Gasteiger partial charge < -0.3 is 15.0 Å². The summed E-state index contributed by atoms with van der Waals surface area (Å²) in [5, 5.41) is 3.36. The number of ether oxygens (including phenoxy) is 1. The van der Waals surface area contributed by atoms with Crippen molar-refractivity contribution in [3.8, 4) is 5.75 Å². The lowest BCUT2D eigenvalue weighted by atomic mass is 10.1. The van der Waals surface area contributed by atoms with Gasteiger partial charge in [-0.05, 0) is 55.3 Å². The quantitative estimate of drug-likeness (QED) is 0.354. The Morgan fingerprint density at radius 2 is 1.68 bits per heavy atom. The summed E-state index contributed by atoms with van der Waals surface area (Å²) < 4.78 is 33.8. The topological polar surface area (TPSA) is 96.0 Å². The number of rotatable bonds is 12. The molecule has 3 aromatic carbocycles. The summed E-state index contributed by atoms with van der Waals surface area (Å²) in [6.07, 6.45) is 0.739. The second kappa shape index (κ2) is 13.3. The summed E-state index contributed by atoms with van der Waals surface area (Å²) in [5.41, 5.74) is 1.01. The van der Waals surface area contributed by atoms with Crippen LogP contribution in [0.3, 0.4) is 0 Å². The van der Waals surface area contributed by atoms with E-state index in [4.69, 9.17) is 16.3 Å². The summed E-state index contributed by atoms with van der Waals surface area (Å²) in [5.74, 6) is -0.428. The van der Waals surface area contributed by atoms with E-state index in [1.165, 1.54) is 24.1 Å².